The predicted octanol–water partition coefficient (Wildman–Crippen LogP) is 5.64. The molecule has 1 heteroatoms. The van der Waals surface area contributed by atoms with Crippen LogP contribution in [0.1, 0.15) is 87.5 Å². The second kappa shape index (κ2) is 10.8. The van der Waals surface area contributed by atoms with E-state index in [0.717, 1.165) is 13.1 Å². The maximum Gasteiger partial charge on any atom is -0.00439 e. The van der Waals surface area contributed by atoms with Gasteiger partial charge in [0.1, 0.15) is 0 Å². The van der Waals surface area contributed by atoms with Crippen molar-refractivity contribution in [3.8, 4) is 0 Å². The molecule has 0 bridgehead atoms. The molecule has 0 aromatic heterocycles. The van der Waals surface area contributed by atoms with E-state index in [1.807, 2.05) is 13.8 Å². The Kier molecular flexibility index (Phi) is 12.2. The number of hydrogen-bond donors (Lipinski definition) is 1. The molecule has 0 atom stereocenters. The van der Waals surface area contributed by atoms with E-state index in [9.17, 15) is 0 Å². The Balaban J connectivity index is 0. The van der Waals surface area contributed by atoms with Gasteiger partial charge in [0.2, 0.25) is 0 Å². The third kappa shape index (κ3) is 12.4. The molecule has 0 aliphatic rings. The monoisotopic (exact) mass is 257 g/mol. The van der Waals surface area contributed by atoms with Crippen molar-refractivity contribution < 1.29 is 0 Å². The van der Waals surface area contributed by atoms with Crippen molar-refractivity contribution in [2.24, 2.45) is 10.8 Å². The van der Waals surface area contributed by atoms with Crippen LogP contribution in [0.2, 0.25) is 0 Å². The van der Waals surface area contributed by atoms with Gasteiger partial charge in [-0.25, -0.2) is 0 Å². The molecular formula is C17H39N. The summed E-state index contributed by atoms with van der Waals surface area (Å²) in [5.41, 5.74) is 0.977. The van der Waals surface area contributed by atoms with Crippen LogP contribution in [0.15, 0.2) is 0 Å². The molecule has 0 aliphatic heterocycles. The zero-order valence-corrected chi connectivity index (χ0v) is 14.4. The number of unbranched alkanes of at least 4 members (excludes halogenated alkanes) is 1. The quantitative estimate of drug-likeness (QED) is 0.527. The fraction of sp³-hybridized carbons (Fsp3) is 1.00. The zero-order valence-electron chi connectivity index (χ0n) is 14.4. The minimum atomic E-state index is 0.472. The van der Waals surface area contributed by atoms with Gasteiger partial charge in [0.15, 0.2) is 0 Å². The third-order valence-corrected chi connectivity index (χ3v) is 3.39. The van der Waals surface area contributed by atoms with E-state index in [4.69, 9.17) is 0 Å². The molecule has 0 saturated carbocycles. The standard InChI is InChI=1S/C15H33N.C2H6/c1-7-9-10-14(3,4)13-15(5,6)11-12-16-8-2;1-2/h16H,7-13H2,1-6H3;1-2H3. The van der Waals surface area contributed by atoms with E-state index >= 15 is 0 Å². The van der Waals surface area contributed by atoms with Gasteiger partial charge in [0, 0.05) is 0 Å². The summed E-state index contributed by atoms with van der Waals surface area (Å²) in [6, 6.07) is 0. The van der Waals surface area contributed by atoms with Crippen molar-refractivity contribution in [1.82, 2.24) is 5.32 Å². The van der Waals surface area contributed by atoms with Crippen LogP contribution < -0.4 is 5.32 Å². The molecule has 0 saturated heterocycles. The molecule has 0 radical (unpaired) electrons. The van der Waals surface area contributed by atoms with Gasteiger partial charge < -0.3 is 5.32 Å². The molecule has 1 N–H and O–H groups in total. The lowest BCUT2D eigenvalue weighted by Gasteiger charge is -2.35. The Morgan fingerprint density at radius 3 is 1.78 bits per heavy atom. The normalized spacial score (nSPS) is 12.0. The maximum absolute atomic E-state index is 3.43. The highest BCUT2D eigenvalue weighted by Gasteiger charge is 2.27. The van der Waals surface area contributed by atoms with Crippen molar-refractivity contribution in [3.63, 3.8) is 0 Å². The van der Waals surface area contributed by atoms with Gasteiger partial charge in [-0.1, -0.05) is 68.2 Å². The third-order valence-electron chi connectivity index (χ3n) is 3.39. The highest BCUT2D eigenvalue weighted by molar-refractivity contribution is 4.79. The van der Waals surface area contributed by atoms with Crippen LogP contribution in [-0.4, -0.2) is 13.1 Å². The summed E-state index contributed by atoms with van der Waals surface area (Å²) in [6.07, 6.45) is 6.69. The lowest BCUT2D eigenvalue weighted by atomic mass is 9.71. The lowest BCUT2D eigenvalue weighted by molar-refractivity contribution is 0.168. The fourth-order valence-electron chi connectivity index (χ4n) is 2.73. The summed E-state index contributed by atoms with van der Waals surface area (Å²) in [5.74, 6) is 0. The summed E-state index contributed by atoms with van der Waals surface area (Å²) in [7, 11) is 0. The van der Waals surface area contributed by atoms with E-state index in [1.54, 1.807) is 0 Å². The van der Waals surface area contributed by atoms with Gasteiger partial charge in [-0.05, 0) is 43.2 Å². The number of hydrogen-bond acceptors (Lipinski definition) is 1. The van der Waals surface area contributed by atoms with E-state index in [-0.39, 0.29) is 0 Å². The van der Waals surface area contributed by atoms with Gasteiger partial charge in [-0.15, -0.1) is 0 Å². The summed E-state index contributed by atoms with van der Waals surface area (Å²) in [4.78, 5) is 0. The van der Waals surface area contributed by atoms with Crippen LogP contribution in [0.4, 0.5) is 0 Å². The van der Waals surface area contributed by atoms with Crippen LogP contribution in [0.25, 0.3) is 0 Å². The summed E-state index contributed by atoms with van der Waals surface area (Å²) in [5, 5.41) is 3.43. The second-order valence-corrected chi connectivity index (χ2v) is 6.71. The summed E-state index contributed by atoms with van der Waals surface area (Å²) < 4.78 is 0. The molecule has 0 aromatic rings. The highest BCUT2D eigenvalue weighted by Crippen LogP contribution is 2.39. The van der Waals surface area contributed by atoms with Crippen molar-refractivity contribution >= 4 is 0 Å². The molecule has 0 fully saturated rings. The highest BCUT2D eigenvalue weighted by atomic mass is 14.8. The predicted molar refractivity (Wildman–Crippen MR) is 86.2 cm³/mol. The topological polar surface area (TPSA) is 12.0 Å². The maximum atomic E-state index is 3.43. The molecule has 0 heterocycles. The Morgan fingerprint density at radius 2 is 1.33 bits per heavy atom. The molecule has 0 aromatic carbocycles. The SMILES string of the molecule is CC.CCCCC(C)(C)CC(C)(C)CCNCC. The van der Waals surface area contributed by atoms with Gasteiger partial charge in [-0.2, -0.15) is 0 Å². The fourth-order valence-corrected chi connectivity index (χ4v) is 2.73. The van der Waals surface area contributed by atoms with Gasteiger partial charge in [0.05, 0.1) is 0 Å². The van der Waals surface area contributed by atoms with Crippen LogP contribution in [0, 0.1) is 10.8 Å². The Hall–Kier alpha value is -0.0400. The van der Waals surface area contributed by atoms with Crippen LogP contribution in [0.5, 0.6) is 0 Å². The van der Waals surface area contributed by atoms with Gasteiger partial charge in [0.25, 0.3) is 0 Å². The van der Waals surface area contributed by atoms with Crippen molar-refractivity contribution in [2.75, 3.05) is 13.1 Å². The second-order valence-electron chi connectivity index (χ2n) is 6.71. The first-order chi connectivity index (χ1) is 8.33. The zero-order chi connectivity index (χ0) is 14.7. The average molecular weight is 258 g/mol. The molecular weight excluding hydrogens is 218 g/mol. The van der Waals surface area contributed by atoms with E-state index in [0.29, 0.717) is 10.8 Å². The van der Waals surface area contributed by atoms with Gasteiger partial charge >= 0.3 is 0 Å². The molecule has 0 spiro atoms. The van der Waals surface area contributed by atoms with Crippen LogP contribution >= 0.6 is 0 Å². The largest absolute Gasteiger partial charge is 0.317 e. The van der Waals surface area contributed by atoms with E-state index in [2.05, 4.69) is 46.9 Å². The van der Waals surface area contributed by atoms with Crippen molar-refractivity contribution in [1.29, 1.82) is 0 Å². The number of rotatable bonds is 9. The smallest absolute Gasteiger partial charge is 0.00439 e. The number of nitrogens with one attached hydrogen (secondary N) is 1. The molecule has 1 nitrogen and oxygen atoms in total. The van der Waals surface area contributed by atoms with Crippen molar-refractivity contribution in [3.05, 3.63) is 0 Å². The van der Waals surface area contributed by atoms with Gasteiger partial charge in [-0.3, -0.25) is 0 Å². The molecule has 0 amide bonds. The minimum Gasteiger partial charge on any atom is -0.317 e. The van der Waals surface area contributed by atoms with Crippen LogP contribution in [-0.2, 0) is 0 Å². The lowest BCUT2D eigenvalue weighted by Crippen LogP contribution is -2.27. The summed E-state index contributed by atoms with van der Waals surface area (Å²) >= 11 is 0. The Bertz CT molecular complexity index is 170. The van der Waals surface area contributed by atoms with Crippen molar-refractivity contribution in [2.45, 2.75) is 87.5 Å². The first-order valence-corrected chi connectivity index (χ1v) is 8.04. The minimum absolute atomic E-state index is 0.472. The molecule has 0 unspecified atom stereocenters. The average Bonchev–Trinajstić information content (AvgIpc) is 2.28. The first-order valence-electron chi connectivity index (χ1n) is 8.04. The molecule has 112 valence electrons. The molecule has 0 aliphatic carbocycles. The van der Waals surface area contributed by atoms with E-state index < -0.39 is 0 Å². The Labute approximate surface area is 117 Å². The summed E-state index contributed by atoms with van der Waals surface area (Å²) in [6.45, 7) is 20.4. The molecule has 0 rings (SSSR count). The van der Waals surface area contributed by atoms with Crippen LogP contribution in [0.3, 0.4) is 0 Å². The Morgan fingerprint density at radius 1 is 0.833 bits per heavy atom. The van der Waals surface area contributed by atoms with E-state index in [1.165, 1.54) is 32.1 Å². The molecule has 18 heavy (non-hydrogen) atoms. The first kappa shape index (κ1) is 20.3.